The Labute approximate surface area is 260 Å². The normalized spacial score (nSPS) is 19.4. The number of hydrogen-bond acceptors (Lipinski definition) is 4. The van der Waals surface area contributed by atoms with Crippen LogP contribution in [0, 0.1) is 11.8 Å². The van der Waals surface area contributed by atoms with Gasteiger partial charge in [-0.1, -0.05) is 29.8 Å². The number of aromatic nitrogens is 3. The molecular formula is C35H34ClN5O3. The van der Waals surface area contributed by atoms with Crippen molar-refractivity contribution >= 4 is 45.4 Å². The summed E-state index contributed by atoms with van der Waals surface area (Å²) in [6.07, 6.45) is 5.87. The lowest BCUT2D eigenvalue weighted by molar-refractivity contribution is 0.0703. The molecule has 2 N–H and O–H groups in total. The zero-order valence-corrected chi connectivity index (χ0v) is 25.6. The van der Waals surface area contributed by atoms with E-state index in [9.17, 15) is 9.59 Å². The molecular weight excluding hydrogens is 574 g/mol. The number of ether oxygens (including phenoxy) is 1. The van der Waals surface area contributed by atoms with Gasteiger partial charge in [-0.2, -0.15) is 0 Å². The second kappa shape index (κ2) is 10.1. The van der Waals surface area contributed by atoms with Gasteiger partial charge in [0.2, 0.25) is 5.91 Å². The molecule has 2 aliphatic carbocycles. The van der Waals surface area contributed by atoms with E-state index in [1.165, 1.54) is 19.3 Å². The van der Waals surface area contributed by atoms with Crippen LogP contribution in [0.25, 0.3) is 44.6 Å². The molecule has 3 aliphatic rings. The van der Waals surface area contributed by atoms with E-state index >= 15 is 0 Å². The topological polar surface area (TPSA) is 95.4 Å². The van der Waals surface area contributed by atoms with Gasteiger partial charge in [-0.3, -0.25) is 9.59 Å². The van der Waals surface area contributed by atoms with Crippen molar-refractivity contribution in [3.63, 3.8) is 0 Å². The highest BCUT2D eigenvalue weighted by molar-refractivity contribution is 6.34. The van der Waals surface area contributed by atoms with Gasteiger partial charge in [0.1, 0.15) is 11.3 Å². The number of carbonyl (C=O) groups excluding carboxylic acids is 2. The van der Waals surface area contributed by atoms with E-state index < -0.39 is 5.91 Å². The largest absolute Gasteiger partial charge is 0.494 e. The van der Waals surface area contributed by atoms with Crippen molar-refractivity contribution in [2.24, 2.45) is 24.6 Å². The van der Waals surface area contributed by atoms with Gasteiger partial charge in [0.05, 0.1) is 28.9 Å². The zero-order valence-electron chi connectivity index (χ0n) is 24.8. The fourth-order valence-electron chi connectivity index (χ4n) is 7.43. The summed E-state index contributed by atoms with van der Waals surface area (Å²) >= 11 is 6.40. The van der Waals surface area contributed by atoms with Crippen LogP contribution in [0.4, 0.5) is 0 Å². The quantitative estimate of drug-likeness (QED) is 0.224. The molecule has 44 heavy (non-hydrogen) atoms. The minimum atomic E-state index is -0.543. The van der Waals surface area contributed by atoms with Crippen LogP contribution >= 0.6 is 11.6 Å². The minimum Gasteiger partial charge on any atom is -0.494 e. The van der Waals surface area contributed by atoms with Gasteiger partial charge in [-0.05, 0) is 91.5 Å². The van der Waals surface area contributed by atoms with Crippen LogP contribution in [0.3, 0.4) is 0 Å². The summed E-state index contributed by atoms with van der Waals surface area (Å²) < 4.78 is 10.3. The summed E-state index contributed by atoms with van der Waals surface area (Å²) in [7, 11) is 3.67. The predicted octanol–water partition coefficient (Wildman–Crippen LogP) is 6.66. The van der Waals surface area contributed by atoms with E-state index in [1.807, 2.05) is 25.2 Å². The number of nitrogens with zero attached hydrogens (tertiary/aromatic N) is 4. The molecule has 224 valence electrons. The van der Waals surface area contributed by atoms with Crippen molar-refractivity contribution in [2.45, 2.75) is 44.7 Å². The summed E-state index contributed by atoms with van der Waals surface area (Å²) in [6.45, 7) is 1.74. The number of piperidine rings is 1. The van der Waals surface area contributed by atoms with Gasteiger partial charge < -0.3 is 24.5 Å². The highest BCUT2D eigenvalue weighted by Crippen LogP contribution is 2.41. The summed E-state index contributed by atoms with van der Waals surface area (Å²) in [5.41, 5.74) is 12.1. The van der Waals surface area contributed by atoms with Crippen molar-refractivity contribution in [3.8, 4) is 28.4 Å². The molecule has 2 aromatic heterocycles. The maximum atomic E-state index is 13.6. The molecule has 8 nitrogen and oxygen atoms in total. The third-order valence-electron chi connectivity index (χ3n) is 9.91. The Morgan fingerprint density at radius 1 is 1.02 bits per heavy atom. The van der Waals surface area contributed by atoms with E-state index in [2.05, 4.69) is 38.3 Å². The fourth-order valence-corrected chi connectivity index (χ4v) is 7.70. The average molecular weight is 608 g/mol. The molecule has 1 aliphatic heterocycles. The number of halogens is 1. The maximum absolute atomic E-state index is 13.6. The SMILES string of the molecule is COc1cc(C(=O)N2CC3CCC2C3)cc2nc(-c3cc4ccc(-c5ccc(C(N)=O)c(Cl)c5)cc4n3CC3CC3)n(C)c12. The third kappa shape index (κ3) is 4.38. The number of carbonyl (C=O) groups is 2. The molecule has 2 amide bonds. The van der Waals surface area contributed by atoms with E-state index in [4.69, 9.17) is 27.1 Å². The molecule has 2 atom stereocenters. The molecule has 3 heterocycles. The highest BCUT2D eigenvalue weighted by Gasteiger charge is 2.40. The minimum absolute atomic E-state index is 0.0731. The molecule has 2 saturated carbocycles. The van der Waals surface area contributed by atoms with Crippen molar-refractivity contribution < 1.29 is 14.3 Å². The number of hydrogen-bond donors (Lipinski definition) is 1. The van der Waals surface area contributed by atoms with Crippen molar-refractivity contribution in [2.75, 3.05) is 13.7 Å². The Balaban J connectivity index is 1.23. The first kappa shape index (κ1) is 27.3. The molecule has 2 unspecified atom stereocenters. The highest BCUT2D eigenvalue weighted by atomic mass is 35.5. The number of nitrogens with two attached hydrogens (primary N) is 1. The smallest absolute Gasteiger partial charge is 0.254 e. The van der Waals surface area contributed by atoms with E-state index in [0.717, 1.165) is 70.5 Å². The first-order valence-electron chi connectivity index (χ1n) is 15.4. The second-order valence-corrected chi connectivity index (χ2v) is 13.2. The number of imidazole rings is 1. The lowest BCUT2D eigenvalue weighted by Gasteiger charge is -2.27. The Hall–Kier alpha value is -4.30. The number of methoxy groups -OCH3 is 1. The molecule has 3 aromatic carbocycles. The van der Waals surface area contributed by atoms with Gasteiger partial charge in [-0.15, -0.1) is 0 Å². The van der Waals surface area contributed by atoms with Crippen LogP contribution in [0.15, 0.2) is 54.6 Å². The van der Waals surface area contributed by atoms with Gasteiger partial charge in [0, 0.05) is 42.6 Å². The number of primary amides is 1. The Bertz CT molecular complexity index is 2000. The average Bonchev–Trinajstić information content (AvgIpc) is 3.30. The Morgan fingerprint density at radius 2 is 1.82 bits per heavy atom. The van der Waals surface area contributed by atoms with Gasteiger partial charge in [0.15, 0.2) is 5.82 Å². The van der Waals surface area contributed by atoms with E-state index in [-0.39, 0.29) is 5.91 Å². The van der Waals surface area contributed by atoms with Crippen LogP contribution in [0.1, 0.15) is 52.8 Å². The number of fused-ring (bicyclic) bond motifs is 4. The van der Waals surface area contributed by atoms with Crippen LogP contribution in [0.5, 0.6) is 5.75 Å². The van der Waals surface area contributed by atoms with Crippen molar-refractivity contribution in [3.05, 3.63) is 70.7 Å². The summed E-state index contributed by atoms with van der Waals surface area (Å²) in [6, 6.07) is 18.1. The second-order valence-electron chi connectivity index (χ2n) is 12.7. The zero-order chi connectivity index (χ0) is 30.3. The molecule has 9 heteroatoms. The molecule has 3 fully saturated rings. The van der Waals surface area contributed by atoms with Crippen LogP contribution < -0.4 is 10.5 Å². The van der Waals surface area contributed by atoms with Gasteiger partial charge in [-0.25, -0.2) is 4.98 Å². The predicted molar refractivity (Wildman–Crippen MR) is 172 cm³/mol. The molecule has 2 bridgehead atoms. The summed E-state index contributed by atoms with van der Waals surface area (Å²) in [5, 5.41) is 1.45. The monoisotopic (exact) mass is 607 g/mol. The Morgan fingerprint density at radius 3 is 2.50 bits per heavy atom. The molecule has 0 spiro atoms. The van der Waals surface area contributed by atoms with Crippen LogP contribution in [0.2, 0.25) is 5.02 Å². The van der Waals surface area contributed by atoms with Crippen molar-refractivity contribution in [1.82, 2.24) is 19.0 Å². The summed E-state index contributed by atoms with van der Waals surface area (Å²) in [5.74, 6) is 2.27. The molecule has 1 saturated heterocycles. The molecule has 0 radical (unpaired) electrons. The van der Waals surface area contributed by atoms with Crippen molar-refractivity contribution in [1.29, 1.82) is 0 Å². The fraction of sp³-hybridized carbons (Fsp3) is 0.343. The Kier molecular flexibility index (Phi) is 6.27. The first-order chi connectivity index (χ1) is 21.3. The standard InChI is InChI=1S/C35H34ClN5O3/c1-39-32-28(13-24(16-31(32)44-2)35(43)40-18-20-5-9-25(40)11-20)38-34(39)30-15-23-7-6-22(14-29(23)41(30)17-19-3-4-19)21-8-10-26(33(37)42)27(36)12-21/h6-8,10,12-16,19-20,25H,3-5,9,11,17-18H2,1-2H3,(H2,37,42). The lowest BCUT2D eigenvalue weighted by atomic mass is 10.0. The third-order valence-corrected chi connectivity index (χ3v) is 10.2. The number of benzene rings is 3. The van der Waals surface area contributed by atoms with Crippen LogP contribution in [-0.2, 0) is 13.6 Å². The van der Waals surface area contributed by atoms with Crippen LogP contribution in [-0.4, -0.2) is 50.5 Å². The first-order valence-corrected chi connectivity index (χ1v) is 15.8. The van der Waals surface area contributed by atoms with E-state index in [0.29, 0.717) is 39.8 Å². The maximum Gasteiger partial charge on any atom is 0.254 e. The lowest BCUT2D eigenvalue weighted by Crippen LogP contribution is -2.37. The van der Waals surface area contributed by atoms with Gasteiger partial charge >= 0.3 is 0 Å². The van der Waals surface area contributed by atoms with Gasteiger partial charge in [0.25, 0.3) is 5.91 Å². The number of aryl methyl sites for hydroxylation is 1. The number of rotatable bonds is 7. The van der Waals surface area contributed by atoms with E-state index in [1.54, 1.807) is 19.2 Å². The summed E-state index contributed by atoms with van der Waals surface area (Å²) in [4.78, 5) is 32.5. The molecule has 5 aromatic rings. The number of amides is 2. The molecule has 8 rings (SSSR count). The number of likely N-dealkylation sites (tertiary alicyclic amines) is 1.